The largest absolute Gasteiger partial charge is 0.474 e. The van der Waals surface area contributed by atoms with Gasteiger partial charge in [0.1, 0.15) is 18.2 Å². The smallest absolute Gasteiger partial charge is 0.409 e. The lowest BCUT2D eigenvalue weighted by Gasteiger charge is -2.31. The number of likely N-dealkylation sites (tertiary alicyclic amines) is 1. The van der Waals surface area contributed by atoms with E-state index in [1.54, 1.807) is 43.0 Å². The summed E-state index contributed by atoms with van der Waals surface area (Å²) in [5.41, 5.74) is 1.37. The van der Waals surface area contributed by atoms with Crippen LogP contribution in [0, 0.1) is 6.92 Å². The molecule has 3 heterocycles. The van der Waals surface area contributed by atoms with Gasteiger partial charge in [-0.25, -0.2) is 14.8 Å². The molecule has 2 aromatic rings. The van der Waals surface area contributed by atoms with Gasteiger partial charge in [-0.15, -0.1) is 0 Å². The summed E-state index contributed by atoms with van der Waals surface area (Å²) in [5.74, 6) is 1.00. The third-order valence-electron chi connectivity index (χ3n) is 5.86. The van der Waals surface area contributed by atoms with Crippen molar-refractivity contribution in [2.45, 2.75) is 45.8 Å². The van der Waals surface area contributed by atoms with Gasteiger partial charge in [0.15, 0.2) is 0 Å². The number of piperidine rings is 1. The molecule has 0 atom stereocenters. The molecule has 0 unspecified atom stereocenters. The van der Waals surface area contributed by atoms with Crippen LogP contribution >= 0.6 is 11.8 Å². The predicted octanol–water partition coefficient (Wildman–Crippen LogP) is 4.63. The van der Waals surface area contributed by atoms with Crippen LogP contribution < -0.4 is 9.47 Å². The van der Waals surface area contributed by atoms with Crippen LogP contribution in [0.4, 0.5) is 9.59 Å². The van der Waals surface area contributed by atoms with E-state index in [-0.39, 0.29) is 29.4 Å². The van der Waals surface area contributed by atoms with Gasteiger partial charge in [0, 0.05) is 32.0 Å². The highest BCUT2D eigenvalue weighted by atomic mass is 32.2. The Morgan fingerprint density at radius 1 is 1.17 bits per heavy atom. The number of amides is 3. The van der Waals surface area contributed by atoms with Gasteiger partial charge in [-0.2, -0.15) is 0 Å². The highest BCUT2D eigenvalue weighted by molar-refractivity contribution is 8.18. The number of benzene rings is 1. The standard InChI is InChI=1S/C25H28N4O6S/c1-15(2)29-23(30)20(36-25(29)32)13-17-6-5-7-19(12-17)35-22-16(3)21(26-14-27-22)34-18-8-10-28(11-9-18)24(31)33-4/h5-7,12-15,18H,8-11H2,1-4H3. The second kappa shape index (κ2) is 11.0. The lowest BCUT2D eigenvalue weighted by molar-refractivity contribution is -0.123. The number of thioether (sulfide) groups is 1. The Kier molecular flexibility index (Phi) is 7.78. The van der Waals surface area contributed by atoms with Crippen molar-refractivity contribution in [2.75, 3.05) is 20.2 Å². The van der Waals surface area contributed by atoms with Gasteiger partial charge in [-0.1, -0.05) is 12.1 Å². The minimum absolute atomic E-state index is 0.0862. The number of aromatic nitrogens is 2. The normalized spacial score (nSPS) is 17.8. The molecule has 2 saturated heterocycles. The molecule has 2 aliphatic rings. The zero-order valence-corrected chi connectivity index (χ0v) is 21.4. The monoisotopic (exact) mass is 512 g/mol. The Morgan fingerprint density at radius 3 is 2.56 bits per heavy atom. The SMILES string of the molecule is COC(=O)N1CCC(Oc2ncnc(Oc3cccc(C=C4SC(=O)N(C(C)C)C4=O)c3)c2C)CC1. The third-order valence-corrected chi connectivity index (χ3v) is 6.74. The number of rotatable bonds is 6. The van der Waals surface area contributed by atoms with Gasteiger partial charge in [-0.3, -0.25) is 14.5 Å². The summed E-state index contributed by atoms with van der Waals surface area (Å²) in [6.45, 7) is 6.53. The highest BCUT2D eigenvalue weighted by Gasteiger charge is 2.36. The second-order valence-corrected chi connectivity index (χ2v) is 9.70. The number of hydrogen-bond donors (Lipinski definition) is 0. The summed E-state index contributed by atoms with van der Waals surface area (Å²) >= 11 is 0.930. The van der Waals surface area contributed by atoms with E-state index in [0.29, 0.717) is 53.9 Å². The first kappa shape index (κ1) is 25.5. The van der Waals surface area contributed by atoms with Crippen molar-refractivity contribution < 1.29 is 28.6 Å². The van der Waals surface area contributed by atoms with Crippen LogP contribution in [0.2, 0.25) is 0 Å². The molecule has 0 spiro atoms. The molecule has 36 heavy (non-hydrogen) atoms. The van der Waals surface area contributed by atoms with Gasteiger partial charge in [0.05, 0.1) is 17.6 Å². The van der Waals surface area contributed by atoms with Crippen LogP contribution in [0.1, 0.15) is 37.8 Å². The zero-order chi connectivity index (χ0) is 25.8. The number of carbonyl (C=O) groups excluding carboxylic acids is 3. The number of imide groups is 1. The average Bonchev–Trinajstić information content (AvgIpc) is 3.14. The van der Waals surface area contributed by atoms with E-state index in [4.69, 9.17) is 14.2 Å². The third kappa shape index (κ3) is 5.62. The Morgan fingerprint density at radius 2 is 1.89 bits per heavy atom. The van der Waals surface area contributed by atoms with Crippen LogP contribution in [0.3, 0.4) is 0 Å². The Balaban J connectivity index is 1.44. The van der Waals surface area contributed by atoms with Crippen molar-refractivity contribution in [1.82, 2.24) is 19.8 Å². The molecule has 4 rings (SSSR count). The number of ether oxygens (including phenoxy) is 3. The number of hydrogen-bond acceptors (Lipinski definition) is 9. The van der Waals surface area contributed by atoms with E-state index in [1.165, 1.54) is 18.3 Å². The fourth-order valence-corrected chi connectivity index (χ4v) is 4.90. The van der Waals surface area contributed by atoms with Crippen molar-refractivity contribution in [3.63, 3.8) is 0 Å². The fraction of sp³-hybridized carbons (Fsp3) is 0.400. The summed E-state index contributed by atoms with van der Waals surface area (Å²) in [7, 11) is 1.37. The second-order valence-electron chi connectivity index (χ2n) is 8.70. The Hall–Kier alpha value is -3.60. The van der Waals surface area contributed by atoms with Crippen LogP contribution in [-0.4, -0.2) is 69.4 Å². The first-order valence-electron chi connectivity index (χ1n) is 11.6. The number of methoxy groups -OCH3 is 1. The van der Waals surface area contributed by atoms with E-state index >= 15 is 0 Å². The van der Waals surface area contributed by atoms with Crippen LogP contribution in [-0.2, 0) is 9.53 Å². The Bertz CT molecular complexity index is 1190. The number of carbonyl (C=O) groups is 3. The molecule has 10 nitrogen and oxygen atoms in total. The van der Waals surface area contributed by atoms with E-state index in [0.717, 1.165) is 17.3 Å². The van der Waals surface area contributed by atoms with E-state index < -0.39 is 0 Å². The molecule has 11 heteroatoms. The van der Waals surface area contributed by atoms with E-state index in [2.05, 4.69) is 9.97 Å². The molecule has 2 fully saturated rings. The molecular weight excluding hydrogens is 484 g/mol. The van der Waals surface area contributed by atoms with Crippen molar-refractivity contribution in [1.29, 1.82) is 0 Å². The maximum Gasteiger partial charge on any atom is 0.409 e. The molecular formula is C25H28N4O6S. The van der Waals surface area contributed by atoms with Gasteiger partial charge >= 0.3 is 6.09 Å². The molecule has 190 valence electrons. The van der Waals surface area contributed by atoms with E-state index in [1.807, 2.05) is 13.0 Å². The quantitative estimate of drug-likeness (QED) is 0.511. The zero-order valence-electron chi connectivity index (χ0n) is 20.6. The summed E-state index contributed by atoms with van der Waals surface area (Å²) in [6, 6.07) is 6.99. The average molecular weight is 513 g/mol. The molecule has 0 bridgehead atoms. The van der Waals surface area contributed by atoms with Crippen LogP contribution in [0.15, 0.2) is 35.5 Å². The summed E-state index contributed by atoms with van der Waals surface area (Å²) in [4.78, 5) is 48.2. The maximum absolute atomic E-state index is 12.6. The van der Waals surface area contributed by atoms with Crippen molar-refractivity contribution in [2.24, 2.45) is 0 Å². The van der Waals surface area contributed by atoms with Crippen molar-refractivity contribution >= 4 is 35.1 Å². The molecule has 0 aliphatic carbocycles. The van der Waals surface area contributed by atoms with Crippen LogP contribution in [0.25, 0.3) is 6.08 Å². The minimum atomic E-state index is -0.333. The van der Waals surface area contributed by atoms with Crippen molar-refractivity contribution in [3.8, 4) is 17.5 Å². The van der Waals surface area contributed by atoms with Gasteiger partial charge in [0.25, 0.3) is 11.1 Å². The van der Waals surface area contributed by atoms with Gasteiger partial charge in [-0.05, 0) is 56.3 Å². The molecule has 1 aromatic carbocycles. The van der Waals surface area contributed by atoms with Crippen molar-refractivity contribution in [3.05, 3.63) is 46.6 Å². The predicted molar refractivity (Wildman–Crippen MR) is 134 cm³/mol. The fourth-order valence-electron chi connectivity index (χ4n) is 3.94. The first-order valence-corrected chi connectivity index (χ1v) is 12.4. The number of nitrogens with zero attached hydrogens (tertiary/aromatic N) is 4. The van der Waals surface area contributed by atoms with Crippen LogP contribution in [0.5, 0.6) is 17.5 Å². The first-order chi connectivity index (χ1) is 17.3. The molecule has 0 radical (unpaired) electrons. The van der Waals surface area contributed by atoms with Gasteiger partial charge in [0.2, 0.25) is 11.8 Å². The van der Waals surface area contributed by atoms with Gasteiger partial charge < -0.3 is 19.1 Å². The molecule has 2 aliphatic heterocycles. The summed E-state index contributed by atoms with van der Waals surface area (Å²) in [6.07, 6.45) is 3.98. The maximum atomic E-state index is 12.6. The summed E-state index contributed by atoms with van der Waals surface area (Å²) < 4.78 is 16.9. The molecule has 0 saturated carbocycles. The minimum Gasteiger partial charge on any atom is -0.474 e. The highest BCUT2D eigenvalue weighted by Crippen LogP contribution is 2.34. The molecule has 1 aromatic heterocycles. The lowest BCUT2D eigenvalue weighted by Crippen LogP contribution is -2.41. The van der Waals surface area contributed by atoms with E-state index in [9.17, 15) is 14.4 Å². The molecule has 3 amide bonds. The lowest BCUT2D eigenvalue weighted by atomic mass is 10.1. The Labute approximate surface area is 213 Å². The summed E-state index contributed by atoms with van der Waals surface area (Å²) in [5, 5.41) is -0.270. The topological polar surface area (TPSA) is 111 Å². The molecule has 0 N–H and O–H groups in total.